The summed E-state index contributed by atoms with van der Waals surface area (Å²) < 4.78 is 25.4. The van der Waals surface area contributed by atoms with Crippen molar-refractivity contribution in [3.05, 3.63) is 29.8 Å². The van der Waals surface area contributed by atoms with Crippen molar-refractivity contribution in [1.82, 2.24) is 4.72 Å². The molecule has 1 heterocycles. The van der Waals surface area contributed by atoms with Crippen LogP contribution in [-0.2, 0) is 16.4 Å². The second-order valence-electron chi connectivity index (χ2n) is 4.62. The van der Waals surface area contributed by atoms with Crippen LogP contribution >= 0.6 is 11.6 Å². The van der Waals surface area contributed by atoms with Crippen LogP contribution in [-0.4, -0.2) is 39.7 Å². The predicted octanol–water partition coefficient (Wildman–Crippen LogP) is 1.60. The zero-order valence-corrected chi connectivity index (χ0v) is 12.4. The van der Waals surface area contributed by atoms with E-state index < -0.39 is 10.0 Å². The molecular weight excluding hydrogens is 284 g/mol. The van der Waals surface area contributed by atoms with Crippen LogP contribution < -0.4 is 9.62 Å². The highest BCUT2D eigenvalue weighted by atomic mass is 35.5. The first kappa shape index (κ1) is 14.6. The molecule has 0 unspecified atom stereocenters. The molecule has 2 rings (SSSR count). The molecule has 6 heteroatoms. The van der Waals surface area contributed by atoms with Crippen molar-refractivity contribution in [1.29, 1.82) is 0 Å². The maximum atomic E-state index is 11.4. The quantitative estimate of drug-likeness (QED) is 0.615. The zero-order chi connectivity index (χ0) is 13.7. The summed E-state index contributed by atoms with van der Waals surface area (Å²) in [5.41, 5.74) is 2.66. The van der Waals surface area contributed by atoms with E-state index in [0.29, 0.717) is 6.54 Å². The Kier molecular flexibility index (Phi) is 5.07. The van der Waals surface area contributed by atoms with Gasteiger partial charge in [-0.3, -0.25) is 0 Å². The number of anilines is 1. The maximum absolute atomic E-state index is 11.4. The Labute approximate surface area is 119 Å². The van der Waals surface area contributed by atoms with Crippen molar-refractivity contribution in [2.45, 2.75) is 12.8 Å². The molecule has 0 saturated carbocycles. The molecule has 106 valence electrons. The fraction of sp³-hybridized carbons (Fsp3) is 0.538. The SMILES string of the molecule is O=S(=O)(CCCl)NCCCN1CCc2ccccc21. The van der Waals surface area contributed by atoms with Gasteiger partial charge in [0, 0.05) is 31.2 Å². The second-order valence-corrected chi connectivity index (χ2v) is 6.93. The first-order valence-corrected chi connectivity index (χ1v) is 8.67. The molecule has 1 N–H and O–H groups in total. The Balaban J connectivity index is 1.76. The number of hydrogen-bond acceptors (Lipinski definition) is 3. The van der Waals surface area contributed by atoms with Crippen LogP contribution in [0.3, 0.4) is 0 Å². The van der Waals surface area contributed by atoms with E-state index in [-0.39, 0.29) is 11.6 Å². The van der Waals surface area contributed by atoms with E-state index in [1.165, 1.54) is 11.3 Å². The molecule has 1 aliphatic rings. The highest BCUT2D eigenvalue weighted by Gasteiger charge is 2.17. The molecule has 0 spiro atoms. The summed E-state index contributed by atoms with van der Waals surface area (Å²) >= 11 is 5.43. The highest BCUT2D eigenvalue weighted by Crippen LogP contribution is 2.27. The second kappa shape index (κ2) is 6.59. The number of alkyl halides is 1. The fourth-order valence-corrected chi connectivity index (χ4v) is 3.72. The molecule has 0 saturated heterocycles. The monoisotopic (exact) mass is 302 g/mol. The van der Waals surface area contributed by atoms with Gasteiger partial charge in [-0.05, 0) is 24.5 Å². The Morgan fingerprint density at radius 1 is 1.32 bits per heavy atom. The summed E-state index contributed by atoms with van der Waals surface area (Å²) in [7, 11) is -3.19. The van der Waals surface area contributed by atoms with Gasteiger partial charge in [-0.25, -0.2) is 13.1 Å². The Morgan fingerprint density at radius 2 is 2.11 bits per heavy atom. The van der Waals surface area contributed by atoms with E-state index in [1.807, 2.05) is 6.07 Å². The normalized spacial score (nSPS) is 14.7. The van der Waals surface area contributed by atoms with Gasteiger partial charge in [-0.15, -0.1) is 11.6 Å². The van der Waals surface area contributed by atoms with Crippen LogP contribution in [0.25, 0.3) is 0 Å². The molecule has 0 bridgehead atoms. The smallest absolute Gasteiger partial charge is 0.212 e. The third-order valence-electron chi connectivity index (χ3n) is 3.26. The lowest BCUT2D eigenvalue weighted by Crippen LogP contribution is -2.31. The van der Waals surface area contributed by atoms with Crippen LogP contribution in [0.5, 0.6) is 0 Å². The van der Waals surface area contributed by atoms with Crippen molar-refractivity contribution in [3.63, 3.8) is 0 Å². The minimum Gasteiger partial charge on any atom is -0.371 e. The number of nitrogens with zero attached hydrogens (tertiary/aromatic N) is 1. The van der Waals surface area contributed by atoms with Crippen molar-refractivity contribution in [2.24, 2.45) is 0 Å². The van der Waals surface area contributed by atoms with Crippen LogP contribution in [0, 0.1) is 0 Å². The van der Waals surface area contributed by atoms with Crippen LogP contribution in [0.15, 0.2) is 24.3 Å². The van der Waals surface area contributed by atoms with Gasteiger partial charge in [-0.1, -0.05) is 18.2 Å². The lowest BCUT2D eigenvalue weighted by Gasteiger charge is -2.19. The Bertz CT molecular complexity index is 519. The first-order valence-electron chi connectivity index (χ1n) is 6.48. The number of sulfonamides is 1. The summed E-state index contributed by atoms with van der Waals surface area (Å²) in [6.07, 6.45) is 1.88. The molecule has 1 aromatic carbocycles. The van der Waals surface area contributed by atoms with Crippen molar-refractivity contribution in [3.8, 4) is 0 Å². The topological polar surface area (TPSA) is 49.4 Å². The number of rotatable bonds is 7. The van der Waals surface area contributed by atoms with E-state index in [2.05, 4.69) is 27.8 Å². The molecule has 4 nitrogen and oxygen atoms in total. The van der Waals surface area contributed by atoms with Crippen LogP contribution in [0.4, 0.5) is 5.69 Å². The third kappa shape index (κ3) is 4.09. The summed E-state index contributed by atoms with van der Waals surface area (Å²) in [4.78, 5) is 2.31. The predicted molar refractivity (Wildman–Crippen MR) is 79.5 cm³/mol. The molecule has 1 aliphatic heterocycles. The van der Waals surface area contributed by atoms with Gasteiger partial charge < -0.3 is 4.90 Å². The van der Waals surface area contributed by atoms with E-state index in [4.69, 9.17) is 11.6 Å². The molecular formula is C13H19ClN2O2S. The minimum absolute atomic E-state index is 0.0128. The lowest BCUT2D eigenvalue weighted by molar-refractivity contribution is 0.580. The third-order valence-corrected chi connectivity index (χ3v) is 5.05. The number of para-hydroxylation sites is 1. The summed E-state index contributed by atoms with van der Waals surface area (Å²) in [6.45, 7) is 2.37. The first-order chi connectivity index (χ1) is 9.12. The van der Waals surface area contributed by atoms with Gasteiger partial charge >= 0.3 is 0 Å². The molecule has 1 aromatic rings. The summed E-state index contributed by atoms with van der Waals surface area (Å²) in [6, 6.07) is 8.38. The molecule has 0 amide bonds. The van der Waals surface area contributed by atoms with Gasteiger partial charge in [0.2, 0.25) is 10.0 Å². The average Bonchev–Trinajstić information content (AvgIpc) is 2.78. The number of benzene rings is 1. The lowest BCUT2D eigenvalue weighted by atomic mass is 10.2. The molecule has 0 aromatic heterocycles. The molecule has 0 aliphatic carbocycles. The molecule has 0 atom stereocenters. The van der Waals surface area contributed by atoms with E-state index in [0.717, 1.165) is 25.9 Å². The largest absolute Gasteiger partial charge is 0.371 e. The van der Waals surface area contributed by atoms with Crippen LogP contribution in [0.2, 0.25) is 0 Å². The summed E-state index contributed by atoms with van der Waals surface area (Å²) in [5.74, 6) is 0.121. The number of nitrogens with one attached hydrogen (secondary N) is 1. The molecule has 0 radical (unpaired) electrons. The number of hydrogen-bond donors (Lipinski definition) is 1. The van der Waals surface area contributed by atoms with E-state index in [9.17, 15) is 8.42 Å². The van der Waals surface area contributed by atoms with E-state index in [1.54, 1.807) is 0 Å². The van der Waals surface area contributed by atoms with Crippen LogP contribution in [0.1, 0.15) is 12.0 Å². The highest BCUT2D eigenvalue weighted by molar-refractivity contribution is 7.89. The van der Waals surface area contributed by atoms with Gasteiger partial charge in [0.1, 0.15) is 0 Å². The maximum Gasteiger partial charge on any atom is 0.212 e. The Hall–Kier alpha value is -0.780. The summed E-state index contributed by atoms with van der Waals surface area (Å²) in [5, 5.41) is 0. The van der Waals surface area contributed by atoms with Gasteiger partial charge in [0.05, 0.1) is 5.75 Å². The van der Waals surface area contributed by atoms with Crippen molar-refractivity contribution >= 4 is 27.3 Å². The van der Waals surface area contributed by atoms with Gasteiger partial charge in [0.15, 0.2) is 0 Å². The molecule has 19 heavy (non-hydrogen) atoms. The zero-order valence-electron chi connectivity index (χ0n) is 10.8. The average molecular weight is 303 g/mol. The number of halogens is 1. The fourth-order valence-electron chi connectivity index (χ4n) is 2.31. The van der Waals surface area contributed by atoms with Gasteiger partial charge in [0.25, 0.3) is 0 Å². The number of fused-ring (bicyclic) bond motifs is 1. The standard InChI is InChI=1S/C13H19ClN2O2S/c14-7-11-19(17,18)15-8-3-9-16-10-6-12-4-1-2-5-13(12)16/h1-2,4-5,15H,3,6-11H2. The van der Waals surface area contributed by atoms with Crippen molar-refractivity contribution < 1.29 is 8.42 Å². The molecule has 0 fully saturated rings. The van der Waals surface area contributed by atoms with Gasteiger partial charge in [-0.2, -0.15) is 0 Å². The van der Waals surface area contributed by atoms with E-state index >= 15 is 0 Å². The van der Waals surface area contributed by atoms with Crippen molar-refractivity contribution in [2.75, 3.05) is 36.2 Å². The Morgan fingerprint density at radius 3 is 2.89 bits per heavy atom. The minimum atomic E-state index is -3.19.